The van der Waals surface area contributed by atoms with Crippen molar-refractivity contribution in [3.8, 4) is 17.1 Å². The van der Waals surface area contributed by atoms with Gasteiger partial charge in [0.25, 0.3) is 0 Å². The van der Waals surface area contributed by atoms with E-state index in [1.165, 1.54) is 12.4 Å². The molecule has 122 valence electrons. The van der Waals surface area contributed by atoms with Gasteiger partial charge in [-0.05, 0) is 26.8 Å². The van der Waals surface area contributed by atoms with E-state index in [1.54, 1.807) is 45.0 Å². The fraction of sp³-hybridized carbons (Fsp3) is 0.353. The van der Waals surface area contributed by atoms with E-state index < -0.39 is 18.2 Å². The van der Waals surface area contributed by atoms with Crippen LogP contribution in [-0.2, 0) is 4.74 Å². The summed E-state index contributed by atoms with van der Waals surface area (Å²) in [4.78, 5) is 20.7. The van der Waals surface area contributed by atoms with Crippen molar-refractivity contribution >= 4 is 5.97 Å². The molecule has 2 rings (SSSR count). The molecule has 23 heavy (non-hydrogen) atoms. The molecule has 0 unspecified atom stereocenters. The van der Waals surface area contributed by atoms with Crippen LogP contribution >= 0.6 is 0 Å². The topological polar surface area (TPSA) is 61.3 Å². The quantitative estimate of drug-likeness (QED) is 0.790. The van der Waals surface area contributed by atoms with Gasteiger partial charge in [0.2, 0.25) is 0 Å². The zero-order valence-corrected chi connectivity index (χ0v) is 13.4. The van der Waals surface area contributed by atoms with Gasteiger partial charge in [-0.25, -0.2) is 19.2 Å². The average Bonchev–Trinajstić information content (AvgIpc) is 2.52. The molecule has 1 aromatic heterocycles. The van der Waals surface area contributed by atoms with Crippen LogP contribution in [0.15, 0.2) is 36.7 Å². The Bertz CT molecular complexity index is 666. The van der Waals surface area contributed by atoms with Crippen molar-refractivity contribution in [3.63, 3.8) is 0 Å². The molecule has 0 aliphatic carbocycles. The molecular formula is C17H19FN2O3. The van der Waals surface area contributed by atoms with Gasteiger partial charge in [-0.15, -0.1) is 0 Å². The van der Waals surface area contributed by atoms with E-state index in [1.807, 2.05) is 0 Å². The van der Waals surface area contributed by atoms with E-state index >= 15 is 0 Å². The first kappa shape index (κ1) is 16.9. The van der Waals surface area contributed by atoms with Crippen LogP contribution in [0, 0.1) is 0 Å². The van der Waals surface area contributed by atoms with Gasteiger partial charge in [-0.1, -0.05) is 18.2 Å². The van der Waals surface area contributed by atoms with Gasteiger partial charge >= 0.3 is 5.97 Å². The number of carbonyl (C=O) groups is 1. The molecule has 0 N–H and O–H groups in total. The number of aromatic nitrogens is 2. The smallest absolute Gasteiger partial charge is 0.339 e. The number of rotatable bonds is 5. The maximum absolute atomic E-state index is 12.3. The third kappa shape index (κ3) is 4.74. The van der Waals surface area contributed by atoms with E-state index in [2.05, 4.69) is 9.97 Å². The van der Waals surface area contributed by atoms with Crippen LogP contribution in [0.3, 0.4) is 0 Å². The highest BCUT2D eigenvalue weighted by molar-refractivity contribution is 5.96. The lowest BCUT2D eigenvalue weighted by Crippen LogP contribution is -2.24. The summed E-state index contributed by atoms with van der Waals surface area (Å²) >= 11 is 0. The lowest BCUT2D eigenvalue weighted by Gasteiger charge is -2.20. The number of esters is 1. The molecule has 0 saturated heterocycles. The molecule has 2 aromatic rings. The maximum atomic E-state index is 12.3. The second kappa shape index (κ2) is 7.17. The summed E-state index contributed by atoms with van der Waals surface area (Å²) in [6.45, 7) is 4.80. The van der Waals surface area contributed by atoms with Crippen molar-refractivity contribution in [2.24, 2.45) is 0 Å². The molecule has 5 nitrogen and oxygen atoms in total. The number of hydrogen-bond donors (Lipinski definition) is 0. The molecule has 0 aliphatic heterocycles. The summed E-state index contributed by atoms with van der Waals surface area (Å²) in [6.07, 6.45) is 2.90. The average molecular weight is 318 g/mol. The summed E-state index contributed by atoms with van der Waals surface area (Å²) < 4.78 is 22.6. The summed E-state index contributed by atoms with van der Waals surface area (Å²) in [6, 6.07) is 6.96. The van der Waals surface area contributed by atoms with Crippen molar-refractivity contribution in [2.75, 3.05) is 13.3 Å². The Hall–Kier alpha value is -2.50. The Kier molecular flexibility index (Phi) is 5.26. The second-order valence-electron chi connectivity index (χ2n) is 5.83. The molecule has 0 fully saturated rings. The zero-order chi connectivity index (χ0) is 16.9. The van der Waals surface area contributed by atoms with Crippen LogP contribution in [-0.4, -0.2) is 34.8 Å². The third-order valence-corrected chi connectivity index (χ3v) is 2.76. The van der Waals surface area contributed by atoms with E-state index in [0.717, 1.165) is 0 Å². The predicted octanol–water partition coefficient (Wildman–Crippen LogP) is 3.45. The summed E-state index contributed by atoms with van der Waals surface area (Å²) in [5.41, 5.74) is 0.369. The molecule has 0 spiro atoms. The number of halogens is 1. The minimum atomic E-state index is -0.588. The fourth-order valence-corrected chi connectivity index (χ4v) is 1.88. The monoisotopic (exact) mass is 318 g/mol. The minimum absolute atomic E-state index is 0.0444. The Balaban J connectivity index is 2.28. The van der Waals surface area contributed by atoms with Crippen molar-refractivity contribution < 1.29 is 18.7 Å². The molecule has 0 radical (unpaired) electrons. The standard InChI is InChI=1S/C17H19FN2O3/c1-17(2,3)23-16(21)14-7-5-4-6-13(14)15-19-10-12(11-20-15)22-9-8-18/h4-7,10-11H,8-9H2,1-3H3. The van der Waals surface area contributed by atoms with Gasteiger partial charge in [0.1, 0.15) is 18.9 Å². The molecule has 0 amide bonds. The van der Waals surface area contributed by atoms with Crippen LogP contribution in [0.1, 0.15) is 31.1 Å². The number of alkyl halides is 1. The molecular weight excluding hydrogens is 299 g/mol. The maximum Gasteiger partial charge on any atom is 0.339 e. The van der Waals surface area contributed by atoms with E-state index in [0.29, 0.717) is 22.7 Å². The highest BCUT2D eigenvalue weighted by atomic mass is 19.1. The highest BCUT2D eigenvalue weighted by Gasteiger charge is 2.21. The first-order chi connectivity index (χ1) is 10.9. The van der Waals surface area contributed by atoms with Crippen LogP contribution < -0.4 is 4.74 Å². The highest BCUT2D eigenvalue weighted by Crippen LogP contribution is 2.23. The van der Waals surface area contributed by atoms with Crippen LogP contribution in [0.2, 0.25) is 0 Å². The minimum Gasteiger partial charge on any atom is -0.488 e. The molecule has 6 heteroatoms. The van der Waals surface area contributed by atoms with Crippen molar-refractivity contribution in [3.05, 3.63) is 42.2 Å². The number of ether oxygens (including phenoxy) is 2. The summed E-state index contributed by atoms with van der Waals surface area (Å²) in [5, 5.41) is 0. The van der Waals surface area contributed by atoms with E-state index in [9.17, 15) is 9.18 Å². The van der Waals surface area contributed by atoms with Crippen molar-refractivity contribution in [2.45, 2.75) is 26.4 Å². The SMILES string of the molecule is CC(C)(C)OC(=O)c1ccccc1-c1ncc(OCCF)cn1. The van der Waals surface area contributed by atoms with Gasteiger partial charge in [0, 0.05) is 5.56 Å². The molecule has 0 atom stereocenters. The Morgan fingerprint density at radius 2 is 1.83 bits per heavy atom. The number of nitrogens with zero attached hydrogens (tertiary/aromatic N) is 2. The van der Waals surface area contributed by atoms with Crippen LogP contribution in [0.4, 0.5) is 4.39 Å². The van der Waals surface area contributed by atoms with Crippen LogP contribution in [0.25, 0.3) is 11.4 Å². The largest absolute Gasteiger partial charge is 0.488 e. The number of benzene rings is 1. The molecule has 0 bridgehead atoms. The lowest BCUT2D eigenvalue weighted by atomic mass is 10.1. The van der Waals surface area contributed by atoms with Gasteiger partial charge in [0.05, 0.1) is 18.0 Å². The van der Waals surface area contributed by atoms with Crippen molar-refractivity contribution in [1.82, 2.24) is 9.97 Å². The first-order valence-electron chi connectivity index (χ1n) is 7.24. The first-order valence-corrected chi connectivity index (χ1v) is 7.24. The molecule has 0 aliphatic rings. The summed E-state index contributed by atoms with van der Waals surface area (Å²) in [5.74, 6) is 0.315. The molecule has 1 heterocycles. The number of carbonyl (C=O) groups excluding carboxylic acids is 1. The predicted molar refractivity (Wildman–Crippen MR) is 84.1 cm³/mol. The Labute approximate surface area is 134 Å². The second-order valence-corrected chi connectivity index (χ2v) is 5.83. The Morgan fingerprint density at radius 1 is 1.17 bits per heavy atom. The summed E-state index contributed by atoms with van der Waals surface area (Å²) in [7, 11) is 0. The lowest BCUT2D eigenvalue weighted by molar-refractivity contribution is 0.00704. The van der Waals surface area contributed by atoms with Gasteiger partial charge in [-0.2, -0.15) is 0 Å². The Morgan fingerprint density at radius 3 is 2.43 bits per heavy atom. The van der Waals surface area contributed by atoms with E-state index in [-0.39, 0.29) is 6.61 Å². The van der Waals surface area contributed by atoms with Crippen molar-refractivity contribution in [1.29, 1.82) is 0 Å². The van der Waals surface area contributed by atoms with Gasteiger partial charge in [-0.3, -0.25) is 0 Å². The van der Waals surface area contributed by atoms with Gasteiger partial charge < -0.3 is 9.47 Å². The van der Waals surface area contributed by atoms with Gasteiger partial charge in [0.15, 0.2) is 11.6 Å². The van der Waals surface area contributed by atoms with E-state index in [4.69, 9.17) is 9.47 Å². The fourth-order valence-electron chi connectivity index (χ4n) is 1.88. The third-order valence-electron chi connectivity index (χ3n) is 2.76. The molecule has 0 saturated carbocycles. The molecule has 1 aromatic carbocycles. The zero-order valence-electron chi connectivity index (χ0n) is 13.4. The van der Waals surface area contributed by atoms with Crippen LogP contribution in [0.5, 0.6) is 5.75 Å². The number of hydrogen-bond acceptors (Lipinski definition) is 5. The normalized spacial score (nSPS) is 11.1.